The lowest BCUT2D eigenvalue weighted by atomic mass is 9.73. The Hall–Kier alpha value is -0.520. The third kappa shape index (κ3) is 2.74. The summed E-state index contributed by atoms with van der Waals surface area (Å²) in [7, 11) is 0. The van der Waals surface area contributed by atoms with E-state index in [0.29, 0.717) is 0 Å². The standard InChI is InChI=1S/C15H24/c1-12(2)14-9-6-10-15(11-14)13-7-4-3-5-8-13/h4,6-7,10,12-15H,3,5,8-9,11H2,1-2H3. The second kappa shape index (κ2) is 5.01. The molecule has 0 aromatic heterocycles. The van der Waals surface area contributed by atoms with Crippen molar-refractivity contribution in [3.05, 3.63) is 24.3 Å². The zero-order valence-corrected chi connectivity index (χ0v) is 10.2. The second-order valence-corrected chi connectivity index (χ2v) is 5.59. The van der Waals surface area contributed by atoms with Gasteiger partial charge in [-0.05, 0) is 55.8 Å². The molecule has 0 radical (unpaired) electrons. The van der Waals surface area contributed by atoms with Crippen molar-refractivity contribution in [1.29, 1.82) is 0 Å². The molecule has 3 atom stereocenters. The van der Waals surface area contributed by atoms with E-state index in [4.69, 9.17) is 0 Å². The number of allylic oxidation sites excluding steroid dienone is 4. The fraction of sp³-hybridized carbons (Fsp3) is 0.733. The summed E-state index contributed by atoms with van der Waals surface area (Å²) >= 11 is 0. The molecule has 0 fully saturated rings. The van der Waals surface area contributed by atoms with Crippen LogP contribution in [0.5, 0.6) is 0 Å². The second-order valence-electron chi connectivity index (χ2n) is 5.59. The van der Waals surface area contributed by atoms with Gasteiger partial charge in [-0.25, -0.2) is 0 Å². The summed E-state index contributed by atoms with van der Waals surface area (Å²) in [4.78, 5) is 0. The summed E-state index contributed by atoms with van der Waals surface area (Å²) < 4.78 is 0. The molecule has 2 rings (SSSR count). The van der Waals surface area contributed by atoms with Crippen LogP contribution in [0.1, 0.15) is 46.0 Å². The summed E-state index contributed by atoms with van der Waals surface area (Å²) in [5, 5.41) is 0. The van der Waals surface area contributed by atoms with Gasteiger partial charge in [0.1, 0.15) is 0 Å². The molecule has 0 heteroatoms. The molecule has 2 aliphatic carbocycles. The smallest absolute Gasteiger partial charge is 0.0168 e. The van der Waals surface area contributed by atoms with E-state index < -0.39 is 0 Å². The molecule has 2 aliphatic rings. The predicted octanol–water partition coefficient (Wildman–Crippen LogP) is 4.58. The highest BCUT2D eigenvalue weighted by atomic mass is 14.3. The summed E-state index contributed by atoms with van der Waals surface area (Å²) in [6.45, 7) is 4.75. The van der Waals surface area contributed by atoms with E-state index in [-0.39, 0.29) is 0 Å². The average Bonchev–Trinajstić information content (AvgIpc) is 2.30. The topological polar surface area (TPSA) is 0 Å². The van der Waals surface area contributed by atoms with Crippen molar-refractivity contribution in [3.8, 4) is 0 Å². The predicted molar refractivity (Wildman–Crippen MR) is 66.7 cm³/mol. The van der Waals surface area contributed by atoms with Crippen molar-refractivity contribution < 1.29 is 0 Å². The zero-order chi connectivity index (χ0) is 10.7. The quantitative estimate of drug-likeness (QED) is 0.577. The van der Waals surface area contributed by atoms with Crippen LogP contribution in [0.3, 0.4) is 0 Å². The van der Waals surface area contributed by atoms with Crippen molar-refractivity contribution in [1.82, 2.24) is 0 Å². The van der Waals surface area contributed by atoms with Gasteiger partial charge in [-0.3, -0.25) is 0 Å². The van der Waals surface area contributed by atoms with E-state index in [1.165, 1.54) is 32.1 Å². The van der Waals surface area contributed by atoms with Crippen LogP contribution in [0.25, 0.3) is 0 Å². The molecule has 0 aliphatic heterocycles. The third-order valence-corrected chi connectivity index (χ3v) is 4.18. The molecule has 0 saturated carbocycles. The summed E-state index contributed by atoms with van der Waals surface area (Å²) in [6.07, 6.45) is 16.6. The normalized spacial score (nSPS) is 36.1. The van der Waals surface area contributed by atoms with E-state index in [1.54, 1.807) is 0 Å². The first-order valence-corrected chi connectivity index (χ1v) is 6.60. The van der Waals surface area contributed by atoms with Gasteiger partial charge in [-0.15, -0.1) is 0 Å². The van der Waals surface area contributed by atoms with Gasteiger partial charge in [0.15, 0.2) is 0 Å². The molecular weight excluding hydrogens is 180 g/mol. The lowest BCUT2D eigenvalue weighted by Crippen LogP contribution is -2.22. The van der Waals surface area contributed by atoms with Crippen LogP contribution in [0.15, 0.2) is 24.3 Å². The summed E-state index contributed by atoms with van der Waals surface area (Å²) in [6, 6.07) is 0. The molecule has 0 bridgehead atoms. The molecule has 0 aromatic carbocycles. The van der Waals surface area contributed by atoms with Crippen LogP contribution in [0, 0.1) is 23.7 Å². The minimum absolute atomic E-state index is 0.836. The Morgan fingerprint density at radius 1 is 1.07 bits per heavy atom. The van der Waals surface area contributed by atoms with Gasteiger partial charge in [0, 0.05) is 0 Å². The molecule has 0 N–H and O–H groups in total. The lowest BCUT2D eigenvalue weighted by molar-refractivity contribution is 0.267. The minimum Gasteiger partial charge on any atom is -0.0882 e. The molecule has 0 amide bonds. The van der Waals surface area contributed by atoms with Crippen LogP contribution >= 0.6 is 0 Å². The minimum atomic E-state index is 0.836. The zero-order valence-electron chi connectivity index (χ0n) is 10.2. The maximum absolute atomic E-state index is 2.49. The Labute approximate surface area is 94.5 Å². The highest BCUT2D eigenvalue weighted by molar-refractivity contribution is 5.05. The molecule has 3 unspecified atom stereocenters. The molecule has 0 heterocycles. The Balaban J connectivity index is 1.97. The van der Waals surface area contributed by atoms with Crippen LogP contribution in [0.4, 0.5) is 0 Å². The molecule has 0 aromatic rings. The van der Waals surface area contributed by atoms with Crippen LogP contribution in [-0.4, -0.2) is 0 Å². The molecule has 84 valence electrons. The molecule has 0 spiro atoms. The van der Waals surface area contributed by atoms with Gasteiger partial charge in [0.05, 0.1) is 0 Å². The molecule has 0 nitrogen and oxygen atoms in total. The van der Waals surface area contributed by atoms with E-state index in [2.05, 4.69) is 38.2 Å². The van der Waals surface area contributed by atoms with Gasteiger partial charge >= 0.3 is 0 Å². The van der Waals surface area contributed by atoms with Crippen molar-refractivity contribution in [2.75, 3.05) is 0 Å². The Morgan fingerprint density at radius 3 is 2.53 bits per heavy atom. The first-order chi connectivity index (χ1) is 7.27. The van der Waals surface area contributed by atoms with Crippen molar-refractivity contribution in [3.63, 3.8) is 0 Å². The molecule has 15 heavy (non-hydrogen) atoms. The fourth-order valence-electron chi connectivity index (χ4n) is 3.01. The maximum Gasteiger partial charge on any atom is -0.0168 e. The van der Waals surface area contributed by atoms with Gasteiger partial charge in [-0.2, -0.15) is 0 Å². The molecular formula is C15H24. The third-order valence-electron chi connectivity index (χ3n) is 4.18. The van der Waals surface area contributed by atoms with Crippen LogP contribution in [-0.2, 0) is 0 Å². The lowest BCUT2D eigenvalue weighted by Gasteiger charge is -2.32. The highest BCUT2D eigenvalue weighted by Crippen LogP contribution is 2.36. The fourth-order valence-corrected chi connectivity index (χ4v) is 3.01. The molecule has 0 saturated heterocycles. The van der Waals surface area contributed by atoms with E-state index in [9.17, 15) is 0 Å². The van der Waals surface area contributed by atoms with Gasteiger partial charge in [-0.1, -0.05) is 38.2 Å². The SMILES string of the molecule is CC(C)C1CC=CC(C2C=CCCC2)C1. The van der Waals surface area contributed by atoms with Crippen molar-refractivity contribution >= 4 is 0 Å². The first kappa shape index (κ1) is 11.0. The Bertz CT molecular complexity index is 247. The number of hydrogen-bond donors (Lipinski definition) is 0. The Morgan fingerprint density at radius 2 is 1.87 bits per heavy atom. The van der Waals surface area contributed by atoms with Crippen molar-refractivity contribution in [2.45, 2.75) is 46.0 Å². The first-order valence-electron chi connectivity index (χ1n) is 6.60. The largest absolute Gasteiger partial charge is 0.0882 e. The number of rotatable bonds is 2. The highest BCUT2D eigenvalue weighted by Gasteiger charge is 2.25. The van der Waals surface area contributed by atoms with Gasteiger partial charge < -0.3 is 0 Å². The van der Waals surface area contributed by atoms with E-state index in [0.717, 1.165) is 23.7 Å². The summed E-state index contributed by atoms with van der Waals surface area (Å²) in [5.74, 6) is 3.46. The van der Waals surface area contributed by atoms with Gasteiger partial charge in [0.2, 0.25) is 0 Å². The summed E-state index contributed by atoms with van der Waals surface area (Å²) in [5.41, 5.74) is 0. The average molecular weight is 204 g/mol. The van der Waals surface area contributed by atoms with Crippen molar-refractivity contribution in [2.24, 2.45) is 23.7 Å². The van der Waals surface area contributed by atoms with Gasteiger partial charge in [0.25, 0.3) is 0 Å². The maximum atomic E-state index is 2.49. The van der Waals surface area contributed by atoms with Crippen LogP contribution < -0.4 is 0 Å². The Kier molecular flexibility index (Phi) is 3.66. The monoisotopic (exact) mass is 204 g/mol. The number of hydrogen-bond acceptors (Lipinski definition) is 0. The van der Waals surface area contributed by atoms with E-state index in [1.807, 2.05) is 0 Å². The van der Waals surface area contributed by atoms with Crippen LogP contribution in [0.2, 0.25) is 0 Å². The van der Waals surface area contributed by atoms with E-state index >= 15 is 0 Å².